The molecule has 0 aliphatic carbocycles. The van der Waals surface area contributed by atoms with Gasteiger partial charge < -0.3 is 5.32 Å². The molecule has 2 aromatic rings. The number of benzene rings is 2. The van der Waals surface area contributed by atoms with Gasteiger partial charge in [0.25, 0.3) is 5.91 Å². The maximum atomic E-state index is 12.0. The number of anilines is 1. The Balaban J connectivity index is 2.18. The van der Waals surface area contributed by atoms with Crippen LogP contribution in [0, 0.1) is 10.5 Å². The Hall–Kier alpha value is -1.07. The summed E-state index contributed by atoms with van der Waals surface area (Å²) >= 11 is 8.27. The van der Waals surface area contributed by atoms with Crippen molar-refractivity contribution in [2.24, 2.45) is 0 Å². The molecule has 1 N–H and O–H groups in total. The Morgan fingerprint density at radius 2 is 1.83 bits per heavy atom. The normalized spacial score (nSPS) is 10.2. The Labute approximate surface area is 124 Å². The first-order valence-electron chi connectivity index (χ1n) is 5.39. The van der Waals surface area contributed by atoms with Crippen molar-refractivity contribution >= 4 is 45.8 Å². The van der Waals surface area contributed by atoms with Gasteiger partial charge in [-0.1, -0.05) is 17.7 Å². The summed E-state index contributed by atoms with van der Waals surface area (Å²) in [5.41, 5.74) is 2.31. The number of hydrogen-bond donors (Lipinski definition) is 1. The average molecular weight is 372 g/mol. The fourth-order valence-electron chi connectivity index (χ4n) is 1.52. The molecular weight excluding hydrogens is 361 g/mol. The van der Waals surface area contributed by atoms with Crippen molar-refractivity contribution in [1.29, 1.82) is 0 Å². The van der Waals surface area contributed by atoms with E-state index in [4.69, 9.17) is 11.6 Å². The average Bonchev–Trinajstić information content (AvgIpc) is 2.33. The largest absolute Gasteiger partial charge is 0.321 e. The van der Waals surface area contributed by atoms with Crippen LogP contribution in [0.2, 0.25) is 5.02 Å². The van der Waals surface area contributed by atoms with Gasteiger partial charge in [-0.2, -0.15) is 0 Å². The summed E-state index contributed by atoms with van der Waals surface area (Å²) in [4.78, 5) is 12.0. The van der Waals surface area contributed by atoms with E-state index in [1.54, 1.807) is 12.1 Å². The Morgan fingerprint density at radius 3 is 2.44 bits per heavy atom. The van der Waals surface area contributed by atoms with Crippen LogP contribution in [-0.2, 0) is 0 Å². The van der Waals surface area contributed by atoms with Crippen molar-refractivity contribution in [3.63, 3.8) is 0 Å². The lowest BCUT2D eigenvalue weighted by molar-refractivity contribution is 0.102. The van der Waals surface area contributed by atoms with Crippen molar-refractivity contribution in [2.75, 3.05) is 5.32 Å². The number of halogens is 2. The first-order valence-corrected chi connectivity index (χ1v) is 6.85. The topological polar surface area (TPSA) is 29.1 Å². The molecule has 0 bridgehead atoms. The molecule has 0 heterocycles. The van der Waals surface area contributed by atoms with Gasteiger partial charge in [0.2, 0.25) is 0 Å². The van der Waals surface area contributed by atoms with Crippen molar-refractivity contribution < 1.29 is 4.79 Å². The number of rotatable bonds is 2. The van der Waals surface area contributed by atoms with Crippen LogP contribution in [0.5, 0.6) is 0 Å². The van der Waals surface area contributed by atoms with E-state index in [0.29, 0.717) is 16.3 Å². The van der Waals surface area contributed by atoms with E-state index < -0.39 is 0 Å². The Bertz CT molecular complexity index is 581. The molecule has 0 saturated carbocycles. The highest BCUT2D eigenvalue weighted by atomic mass is 127. The van der Waals surface area contributed by atoms with Crippen LogP contribution in [0.1, 0.15) is 15.9 Å². The predicted molar refractivity (Wildman–Crippen MR) is 83.3 cm³/mol. The monoisotopic (exact) mass is 371 g/mol. The Morgan fingerprint density at radius 1 is 1.17 bits per heavy atom. The van der Waals surface area contributed by atoms with Gasteiger partial charge in [-0.05, 0) is 71.5 Å². The van der Waals surface area contributed by atoms with Gasteiger partial charge in [0.15, 0.2) is 0 Å². The lowest BCUT2D eigenvalue weighted by Crippen LogP contribution is -2.12. The van der Waals surface area contributed by atoms with Gasteiger partial charge in [-0.3, -0.25) is 4.79 Å². The number of aryl methyl sites for hydroxylation is 1. The standard InChI is InChI=1S/C14H11ClINO/c1-9-2-7-13(12(15)8-9)17-14(18)10-3-5-11(16)6-4-10/h2-8H,1H3,(H,17,18). The molecule has 2 aromatic carbocycles. The second kappa shape index (κ2) is 5.71. The second-order valence-electron chi connectivity index (χ2n) is 3.94. The minimum absolute atomic E-state index is 0.155. The number of nitrogens with one attached hydrogen (secondary N) is 1. The summed E-state index contributed by atoms with van der Waals surface area (Å²) in [6.07, 6.45) is 0. The van der Waals surface area contributed by atoms with E-state index >= 15 is 0 Å². The van der Waals surface area contributed by atoms with E-state index in [-0.39, 0.29) is 5.91 Å². The quantitative estimate of drug-likeness (QED) is 0.774. The Kier molecular flexibility index (Phi) is 4.24. The lowest BCUT2D eigenvalue weighted by Gasteiger charge is -2.08. The van der Waals surface area contributed by atoms with Crippen molar-refractivity contribution in [1.82, 2.24) is 0 Å². The molecule has 1 amide bonds. The van der Waals surface area contributed by atoms with Crippen molar-refractivity contribution in [3.8, 4) is 0 Å². The van der Waals surface area contributed by atoms with E-state index in [1.165, 1.54) is 0 Å². The van der Waals surface area contributed by atoms with Crippen LogP contribution in [0.25, 0.3) is 0 Å². The molecule has 0 unspecified atom stereocenters. The molecule has 2 nitrogen and oxygen atoms in total. The number of hydrogen-bond acceptors (Lipinski definition) is 1. The fourth-order valence-corrected chi connectivity index (χ4v) is 2.16. The summed E-state index contributed by atoms with van der Waals surface area (Å²) in [5, 5.41) is 3.35. The van der Waals surface area contributed by atoms with E-state index in [0.717, 1.165) is 9.13 Å². The van der Waals surface area contributed by atoms with Gasteiger partial charge in [0.05, 0.1) is 10.7 Å². The molecule has 0 saturated heterocycles. The molecule has 0 aromatic heterocycles. The third kappa shape index (κ3) is 3.23. The van der Waals surface area contributed by atoms with Crippen LogP contribution >= 0.6 is 34.2 Å². The third-order valence-corrected chi connectivity index (χ3v) is 3.51. The molecule has 0 fully saturated rings. The summed E-state index contributed by atoms with van der Waals surface area (Å²) in [6.45, 7) is 1.95. The zero-order valence-electron chi connectivity index (χ0n) is 9.71. The maximum absolute atomic E-state index is 12.0. The number of carbonyl (C=O) groups is 1. The van der Waals surface area contributed by atoms with Crippen molar-refractivity contribution in [2.45, 2.75) is 6.92 Å². The predicted octanol–water partition coefficient (Wildman–Crippen LogP) is 4.51. The summed E-state index contributed by atoms with van der Waals surface area (Å²) in [6, 6.07) is 12.9. The van der Waals surface area contributed by atoms with Gasteiger partial charge in [0.1, 0.15) is 0 Å². The highest BCUT2D eigenvalue weighted by molar-refractivity contribution is 14.1. The fraction of sp³-hybridized carbons (Fsp3) is 0.0714. The smallest absolute Gasteiger partial charge is 0.255 e. The number of carbonyl (C=O) groups excluding carboxylic acids is 1. The molecule has 0 spiro atoms. The SMILES string of the molecule is Cc1ccc(NC(=O)c2ccc(I)cc2)c(Cl)c1. The van der Waals surface area contributed by atoms with Crippen molar-refractivity contribution in [3.05, 3.63) is 62.2 Å². The maximum Gasteiger partial charge on any atom is 0.255 e. The molecule has 2 rings (SSSR count). The molecule has 0 aliphatic rings. The van der Waals surface area contributed by atoms with Gasteiger partial charge in [0, 0.05) is 9.13 Å². The van der Waals surface area contributed by atoms with Crippen LogP contribution in [0.4, 0.5) is 5.69 Å². The van der Waals surface area contributed by atoms with Gasteiger partial charge in [-0.15, -0.1) is 0 Å². The van der Waals surface area contributed by atoms with Crippen LogP contribution in [-0.4, -0.2) is 5.91 Å². The first-order chi connectivity index (χ1) is 8.56. The lowest BCUT2D eigenvalue weighted by atomic mass is 10.2. The van der Waals surface area contributed by atoms with E-state index in [9.17, 15) is 4.79 Å². The minimum atomic E-state index is -0.155. The molecular formula is C14H11ClINO. The zero-order valence-corrected chi connectivity index (χ0v) is 12.6. The highest BCUT2D eigenvalue weighted by Crippen LogP contribution is 2.23. The number of amides is 1. The zero-order chi connectivity index (χ0) is 13.1. The van der Waals surface area contributed by atoms with E-state index in [2.05, 4.69) is 27.9 Å². The van der Waals surface area contributed by atoms with Crippen LogP contribution in [0.3, 0.4) is 0 Å². The highest BCUT2D eigenvalue weighted by Gasteiger charge is 2.08. The van der Waals surface area contributed by atoms with Gasteiger partial charge >= 0.3 is 0 Å². The molecule has 0 radical (unpaired) electrons. The molecule has 4 heteroatoms. The molecule has 0 aliphatic heterocycles. The summed E-state index contributed by atoms with van der Waals surface area (Å²) in [7, 11) is 0. The minimum Gasteiger partial charge on any atom is -0.321 e. The summed E-state index contributed by atoms with van der Waals surface area (Å²) in [5.74, 6) is -0.155. The molecule has 0 atom stereocenters. The summed E-state index contributed by atoms with van der Waals surface area (Å²) < 4.78 is 1.09. The third-order valence-electron chi connectivity index (χ3n) is 2.48. The first kappa shape index (κ1) is 13.4. The van der Waals surface area contributed by atoms with E-state index in [1.807, 2.05) is 37.3 Å². The van der Waals surface area contributed by atoms with Crippen LogP contribution in [0.15, 0.2) is 42.5 Å². The molecule has 18 heavy (non-hydrogen) atoms. The second-order valence-corrected chi connectivity index (χ2v) is 5.60. The molecule has 92 valence electrons. The van der Waals surface area contributed by atoms with Gasteiger partial charge in [-0.25, -0.2) is 0 Å². The van der Waals surface area contributed by atoms with Crippen LogP contribution < -0.4 is 5.32 Å².